The molecule has 0 aliphatic heterocycles. The van der Waals surface area contributed by atoms with E-state index in [1.165, 1.54) is 18.2 Å². The van der Waals surface area contributed by atoms with Crippen LogP contribution in [0.1, 0.15) is 31.7 Å². The molecular formula is C16H20FNO2. The molecule has 20 heavy (non-hydrogen) atoms. The number of hydrogen-bond donors (Lipinski definition) is 2. The van der Waals surface area contributed by atoms with E-state index >= 15 is 0 Å². The maximum Gasteiger partial charge on any atom is 0.244 e. The fourth-order valence-electron chi connectivity index (χ4n) is 2.67. The zero-order valence-electron chi connectivity index (χ0n) is 11.6. The number of hydrogen-bond acceptors (Lipinski definition) is 2. The molecule has 108 valence electrons. The lowest BCUT2D eigenvalue weighted by molar-refractivity contribution is -0.117. The molecular weight excluding hydrogens is 257 g/mol. The van der Waals surface area contributed by atoms with Crippen LogP contribution in [0.25, 0.3) is 6.08 Å². The highest BCUT2D eigenvalue weighted by molar-refractivity contribution is 5.92. The lowest BCUT2D eigenvalue weighted by Gasteiger charge is -2.29. The molecule has 0 bridgehead atoms. The van der Waals surface area contributed by atoms with Crippen LogP contribution < -0.4 is 5.32 Å². The van der Waals surface area contributed by atoms with Gasteiger partial charge in [0.25, 0.3) is 0 Å². The van der Waals surface area contributed by atoms with Crippen molar-refractivity contribution in [3.63, 3.8) is 0 Å². The number of benzene rings is 1. The second kappa shape index (κ2) is 6.18. The number of carbonyl (C=O) groups excluding carboxylic acids is 1. The van der Waals surface area contributed by atoms with Crippen LogP contribution in [0.5, 0.6) is 0 Å². The first kappa shape index (κ1) is 14.7. The molecule has 0 radical (unpaired) electrons. The van der Waals surface area contributed by atoms with Gasteiger partial charge >= 0.3 is 0 Å². The van der Waals surface area contributed by atoms with E-state index in [0.717, 1.165) is 19.3 Å². The summed E-state index contributed by atoms with van der Waals surface area (Å²) >= 11 is 0. The molecule has 1 aromatic rings. The van der Waals surface area contributed by atoms with Crippen molar-refractivity contribution in [1.29, 1.82) is 0 Å². The maximum absolute atomic E-state index is 13.0. The average Bonchev–Trinajstić information content (AvgIpc) is 2.79. The minimum absolute atomic E-state index is 0.00263. The van der Waals surface area contributed by atoms with E-state index < -0.39 is 0 Å². The van der Waals surface area contributed by atoms with Crippen molar-refractivity contribution in [1.82, 2.24) is 5.32 Å². The molecule has 1 aliphatic carbocycles. The summed E-state index contributed by atoms with van der Waals surface area (Å²) in [6, 6.07) is 6.07. The predicted molar refractivity (Wildman–Crippen MR) is 76.4 cm³/mol. The quantitative estimate of drug-likeness (QED) is 0.831. The van der Waals surface area contributed by atoms with Gasteiger partial charge in [-0.2, -0.15) is 0 Å². The second-order valence-corrected chi connectivity index (χ2v) is 5.65. The van der Waals surface area contributed by atoms with Crippen LogP contribution in [-0.2, 0) is 4.79 Å². The van der Waals surface area contributed by atoms with Crippen LogP contribution in [0, 0.1) is 11.2 Å². The highest BCUT2D eigenvalue weighted by atomic mass is 19.1. The summed E-state index contributed by atoms with van der Waals surface area (Å²) in [5.41, 5.74) is 0.416. The molecule has 1 aromatic carbocycles. The summed E-state index contributed by atoms with van der Waals surface area (Å²) in [7, 11) is 0. The van der Waals surface area contributed by atoms with E-state index in [2.05, 4.69) is 5.32 Å². The molecule has 2 atom stereocenters. The van der Waals surface area contributed by atoms with Crippen LogP contribution in [0.3, 0.4) is 0 Å². The minimum atomic E-state index is -0.323. The first-order chi connectivity index (χ1) is 9.53. The third-order valence-corrected chi connectivity index (χ3v) is 4.04. The number of aliphatic hydroxyl groups is 1. The Bertz CT molecular complexity index is 515. The summed E-state index contributed by atoms with van der Waals surface area (Å²) in [6.45, 7) is 2.06. The zero-order chi connectivity index (χ0) is 14.6. The lowest BCUT2D eigenvalue weighted by Crippen LogP contribution is -2.44. The van der Waals surface area contributed by atoms with Gasteiger partial charge in [-0.3, -0.25) is 4.79 Å². The summed E-state index contributed by atoms with van der Waals surface area (Å²) in [6.07, 6.45) is 5.81. The van der Waals surface area contributed by atoms with Crippen LogP contribution in [-0.4, -0.2) is 23.7 Å². The molecule has 0 aromatic heterocycles. The summed E-state index contributed by atoms with van der Waals surface area (Å²) in [5.74, 6) is -0.531. The van der Waals surface area contributed by atoms with Crippen molar-refractivity contribution in [3.8, 4) is 0 Å². The van der Waals surface area contributed by atoms with E-state index in [0.29, 0.717) is 5.56 Å². The van der Waals surface area contributed by atoms with Gasteiger partial charge in [0.15, 0.2) is 0 Å². The van der Waals surface area contributed by atoms with Gasteiger partial charge in [0.2, 0.25) is 5.91 Å². The van der Waals surface area contributed by atoms with Crippen molar-refractivity contribution in [2.75, 3.05) is 6.61 Å². The van der Waals surface area contributed by atoms with Gasteiger partial charge in [-0.1, -0.05) is 25.5 Å². The van der Waals surface area contributed by atoms with Gasteiger partial charge < -0.3 is 10.4 Å². The van der Waals surface area contributed by atoms with Crippen LogP contribution in [0.4, 0.5) is 4.39 Å². The SMILES string of the molecule is CC1(CO)CCCC1NC(=O)/C=C/c1cccc(F)c1. The maximum atomic E-state index is 13.0. The standard InChI is InChI=1S/C16H20FNO2/c1-16(11-19)9-3-6-14(16)18-15(20)8-7-12-4-2-5-13(17)10-12/h2,4-5,7-8,10,14,19H,3,6,9,11H2,1H3,(H,18,20)/b8-7+. The van der Waals surface area contributed by atoms with Crippen molar-refractivity contribution in [2.45, 2.75) is 32.2 Å². The van der Waals surface area contributed by atoms with Gasteiger partial charge in [0.05, 0.1) is 6.61 Å². The monoisotopic (exact) mass is 277 g/mol. The van der Waals surface area contributed by atoms with Crippen LogP contribution in [0.15, 0.2) is 30.3 Å². The normalized spacial score (nSPS) is 26.1. The molecule has 1 amide bonds. The summed E-state index contributed by atoms with van der Waals surface area (Å²) in [4.78, 5) is 11.9. The van der Waals surface area contributed by atoms with Crippen LogP contribution >= 0.6 is 0 Å². The topological polar surface area (TPSA) is 49.3 Å². The molecule has 0 spiro atoms. The predicted octanol–water partition coefficient (Wildman–Crippen LogP) is 2.51. The van der Waals surface area contributed by atoms with E-state index in [4.69, 9.17) is 0 Å². The fourth-order valence-corrected chi connectivity index (χ4v) is 2.67. The average molecular weight is 277 g/mol. The lowest BCUT2D eigenvalue weighted by atomic mass is 9.86. The Morgan fingerprint density at radius 3 is 3.10 bits per heavy atom. The van der Waals surface area contributed by atoms with Crippen molar-refractivity contribution >= 4 is 12.0 Å². The number of halogens is 1. The molecule has 1 fully saturated rings. The summed E-state index contributed by atoms with van der Waals surface area (Å²) in [5, 5.41) is 12.4. The van der Waals surface area contributed by atoms with E-state index in [1.807, 2.05) is 6.92 Å². The Balaban J connectivity index is 1.96. The molecule has 2 rings (SSSR count). The minimum Gasteiger partial charge on any atom is -0.396 e. The Kier molecular flexibility index (Phi) is 4.55. The smallest absolute Gasteiger partial charge is 0.244 e. The van der Waals surface area contributed by atoms with E-state index in [9.17, 15) is 14.3 Å². The van der Waals surface area contributed by atoms with Gasteiger partial charge in [0.1, 0.15) is 5.82 Å². The number of nitrogens with one attached hydrogen (secondary N) is 1. The number of aliphatic hydroxyl groups excluding tert-OH is 1. The third-order valence-electron chi connectivity index (χ3n) is 4.04. The van der Waals surface area contributed by atoms with Gasteiger partial charge in [-0.25, -0.2) is 4.39 Å². The highest BCUT2D eigenvalue weighted by Crippen LogP contribution is 2.37. The Morgan fingerprint density at radius 2 is 2.40 bits per heavy atom. The Labute approximate surface area is 118 Å². The first-order valence-corrected chi connectivity index (χ1v) is 6.88. The zero-order valence-corrected chi connectivity index (χ0v) is 11.6. The molecule has 1 saturated carbocycles. The molecule has 1 aliphatic rings. The van der Waals surface area contributed by atoms with Crippen molar-refractivity contribution in [3.05, 3.63) is 41.7 Å². The van der Waals surface area contributed by atoms with Crippen LogP contribution in [0.2, 0.25) is 0 Å². The molecule has 0 saturated heterocycles. The molecule has 4 heteroatoms. The Morgan fingerprint density at radius 1 is 1.60 bits per heavy atom. The first-order valence-electron chi connectivity index (χ1n) is 6.88. The molecule has 2 N–H and O–H groups in total. The Hall–Kier alpha value is -1.68. The fraction of sp³-hybridized carbons (Fsp3) is 0.438. The third kappa shape index (κ3) is 3.45. The number of carbonyl (C=O) groups is 1. The van der Waals surface area contributed by atoms with E-state index in [1.54, 1.807) is 18.2 Å². The van der Waals surface area contributed by atoms with Gasteiger partial charge in [-0.05, 0) is 36.6 Å². The highest BCUT2D eigenvalue weighted by Gasteiger charge is 2.38. The number of amides is 1. The largest absolute Gasteiger partial charge is 0.396 e. The molecule has 0 heterocycles. The second-order valence-electron chi connectivity index (χ2n) is 5.65. The van der Waals surface area contributed by atoms with E-state index in [-0.39, 0.29) is 29.8 Å². The van der Waals surface area contributed by atoms with Crippen molar-refractivity contribution < 1.29 is 14.3 Å². The van der Waals surface area contributed by atoms with Crippen molar-refractivity contribution in [2.24, 2.45) is 5.41 Å². The molecule has 2 unspecified atom stereocenters. The molecule has 3 nitrogen and oxygen atoms in total. The summed E-state index contributed by atoms with van der Waals surface area (Å²) < 4.78 is 13.0. The number of rotatable bonds is 4. The van der Waals surface area contributed by atoms with Gasteiger partial charge in [-0.15, -0.1) is 0 Å². The van der Waals surface area contributed by atoms with Gasteiger partial charge in [0, 0.05) is 17.5 Å².